The minimum Gasteiger partial charge on any atom is -0.465 e. The molecule has 0 fully saturated rings. The molecule has 0 amide bonds. The number of benzene rings is 2. The van der Waals surface area contributed by atoms with Crippen LogP contribution in [0.15, 0.2) is 47.4 Å². The molecule has 0 bridgehead atoms. The zero-order chi connectivity index (χ0) is 23.6. The molecule has 0 spiro atoms. The van der Waals surface area contributed by atoms with Gasteiger partial charge in [-0.2, -0.15) is 17.6 Å². The molecule has 0 N–H and O–H groups in total. The van der Waals surface area contributed by atoms with Crippen LogP contribution in [0.25, 0.3) is 6.08 Å². The van der Waals surface area contributed by atoms with Crippen LogP contribution in [0.2, 0.25) is 0 Å². The van der Waals surface area contributed by atoms with Crippen LogP contribution in [0.1, 0.15) is 26.3 Å². The largest absolute Gasteiger partial charge is 0.465 e. The fraction of sp³-hybridized carbons (Fsp3) is 0.200. The smallest absolute Gasteiger partial charge is 0.387 e. The second-order valence-corrected chi connectivity index (χ2v) is 6.20. The van der Waals surface area contributed by atoms with Gasteiger partial charge >= 0.3 is 25.2 Å². The monoisotopic (exact) mass is 508 g/mol. The van der Waals surface area contributed by atoms with Crippen LogP contribution in [-0.4, -0.2) is 39.4 Å². The number of ether oxygens (including phenoxy) is 4. The van der Waals surface area contributed by atoms with Gasteiger partial charge in [0.15, 0.2) is 0 Å². The Morgan fingerprint density at radius 2 is 1.32 bits per heavy atom. The fourth-order valence-corrected chi connectivity index (χ4v) is 2.57. The molecule has 0 unspecified atom stereocenters. The summed E-state index contributed by atoms with van der Waals surface area (Å²) in [6.45, 7) is -2.36. The second kappa shape index (κ2) is 12.6. The van der Waals surface area contributed by atoms with E-state index in [9.17, 15) is 27.2 Å². The molecule has 2 aromatic carbocycles. The minimum absolute atomic E-state index is 0.0300. The van der Waals surface area contributed by atoms with E-state index in [1.165, 1.54) is 56.7 Å². The van der Waals surface area contributed by atoms with Crippen molar-refractivity contribution in [2.45, 2.75) is 13.2 Å². The molecule has 0 aromatic heterocycles. The molecule has 0 aliphatic carbocycles. The van der Waals surface area contributed by atoms with Crippen LogP contribution in [0.5, 0.6) is 11.5 Å². The molecule has 2 aromatic rings. The molecular formula is C20H17BrF4O6. The van der Waals surface area contributed by atoms with E-state index in [2.05, 4.69) is 41.5 Å². The Bertz CT molecular complexity index is 921. The van der Waals surface area contributed by atoms with E-state index in [-0.39, 0.29) is 27.1 Å². The Morgan fingerprint density at radius 3 is 1.74 bits per heavy atom. The topological polar surface area (TPSA) is 71.1 Å². The lowest BCUT2D eigenvalue weighted by Crippen LogP contribution is -2.05. The van der Waals surface area contributed by atoms with Crippen LogP contribution in [0.3, 0.4) is 0 Å². The van der Waals surface area contributed by atoms with Crippen LogP contribution in [0.4, 0.5) is 17.6 Å². The highest BCUT2D eigenvalue weighted by molar-refractivity contribution is 9.10. The lowest BCUT2D eigenvalue weighted by atomic mass is 10.1. The molecule has 0 aliphatic heterocycles. The summed E-state index contributed by atoms with van der Waals surface area (Å²) in [4.78, 5) is 22.2. The van der Waals surface area contributed by atoms with Gasteiger partial charge in [0, 0.05) is 5.56 Å². The number of alkyl halides is 4. The standard InChI is InChI=1S/C11H10F2O3.C9H7BrF2O3/c1-3-7-6-8(10(14)15-2)4-5-9(7)16-11(12)13;1-14-8(13)5-2-3-7(6(10)4-5)15-9(11)12/h3-6,11H,1H2,2H3;2-4,9H,1H3. The van der Waals surface area contributed by atoms with E-state index in [1.54, 1.807) is 0 Å². The first-order valence-corrected chi connectivity index (χ1v) is 9.04. The van der Waals surface area contributed by atoms with Gasteiger partial charge in [-0.3, -0.25) is 0 Å². The zero-order valence-corrected chi connectivity index (χ0v) is 17.8. The van der Waals surface area contributed by atoms with E-state index in [0.29, 0.717) is 5.56 Å². The molecule has 0 heterocycles. The van der Waals surface area contributed by atoms with E-state index >= 15 is 0 Å². The predicted octanol–water partition coefficient (Wildman–Crippen LogP) is 5.55. The zero-order valence-electron chi connectivity index (χ0n) is 16.2. The molecule has 11 heteroatoms. The molecule has 0 saturated heterocycles. The third kappa shape index (κ3) is 8.28. The van der Waals surface area contributed by atoms with Gasteiger partial charge in [-0.25, -0.2) is 9.59 Å². The van der Waals surface area contributed by atoms with Crippen LogP contribution in [-0.2, 0) is 9.47 Å². The number of halogens is 5. The summed E-state index contributed by atoms with van der Waals surface area (Å²) in [5, 5.41) is 0. The number of carbonyl (C=O) groups excluding carboxylic acids is 2. The van der Waals surface area contributed by atoms with Gasteiger partial charge in [0.25, 0.3) is 0 Å². The minimum atomic E-state index is -2.91. The van der Waals surface area contributed by atoms with Gasteiger partial charge < -0.3 is 18.9 Å². The molecule has 0 atom stereocenters. The molecular weight excluding hydrogens is 492 g/mol. The molecule has 168 valence electrons. The molecule has 6 nitrogen and oxygen atoms in total. The highest BCUT2D eigenvalue weighted by Gasteiger charge is 2.13. The Hall–Kier alpha value is -3.08. The van der Waals surface area contributed by atoms with E-state index in [0.717, 1.165) is 0 Å². The van der Waals surface area contributed by atoms with Crippen LogP contribution < -0.4 is 9.47 Å². The Labute approximate surface area is 183 Å². The molecule has 0 saturated carbocycles. The van der Waals surface area contributed by atoms with E-state index in [1.807, 2.05) is 0 Å². The van der Waals surface area contributed by atoms with Crippen molar-refractivity contribution in [3.05, 3.63) is 64.1 Å². The summed E-state index contributed by atoms with van der Waals surface area (Å²) < 4.78 is 65.5. The van der Waals surface area contributed by atoms with Crippen LogP contribution >= 0.6 is 15.9 Å². The van der Waals surface area contributed by atoms with E-state index < -0.39 is 25.2 Å². The van der Waals surface area contributed by atoms with Crippen LogP contribution in [0, 0.1) is 0 Å². The normalized spacial score (nSPS) is 10.1. The second-order valence-electron chi connectivity index (χ2n) is 5.34. The maximum atomic E-state index is 12.0. The van der Waals surface area contributed by atoms with Crippen molar-refractivity contribution in [1.29, 1.82) is 0 Å². The lowest BCUT2D eigenvalue weighted by Gasteiger charge is -2.09. The fourth-order valence-electron chi connectivity index (χ4n) is 2.09. The average Bonchev–Trinajstić information content (AvgIpc) is 2.74. The molecule has 0 radical (unpaired) electrons. The molecule has 31 heavy (non-hydrogen) atoms. The first kappa shape index (κ1) is 26.0. The van der Waals surface area contributed by atoms with Crippen molar-refractivity contribution in [1.82, 2.24) is 0 Å². The maximum absolute atomic E-state index is 12.0. The summed E-state index contributed by atoms with van der Waals surface area (Å²) in [5.74, 6) is -1.15. The number of methoxy groups -OCH3 is 2. The van der Waals surface area contributed by atoms with Gasteiger partial charge in [-0.15, -0.1) is 0 Å². The number of esters is 2. The summed E-state index contributed by atoms with van der Waals surface area (Å²) in [6, 6.07) is 7.95. The third-order valence-electron chi connectivity index (χ3n) is 3.44. The van der Waals surface area contributed by atoms with Crippen molar-refractivity contribution in [2.24, 2.45) is 0 Å². The first-order valence-electron chi connectivity index (χ1n) is 8.25. The number of rotatable bonds is 7. The van der Waals surface area contributed by atoms with Gasteiger partial charge in [0.2, 0.25) is 0 Å². The lowest BCUT2D eigenvalue weighted by molar-refractivity contribution is -0.0508. The Kier molecular flexibility index (Phi) is 10.5. The van der Waals surface area contributed by atoms with Crippen molar-refractivity contribution in [3.8, 4) is 11.5 Å². The number of carbonyl (C=O) groups is 2. The van der Waals surface area contributed by atoms with E-state index in [4.69, 9.17) is 0 Å². The van der Waals surface area contributed by atoms with Gasteiger partial charge in [-0.1, -0.05) is 12.7 Å². The van der Waals surface area contributed by atoms with Crippen molar-refractivity contribution >= 4 is 33.9 Å². The average molecular weight is 509 g/mol. The van der Waals surface area contributed by atoms with Crippen molar-refractivity contribution < 1.29 is 46.1 Å². The first-order chi connectivity index (χ1) is 14.6. The summed E-state index contributed by atoms with van der Waals surface area (Å²) in [7, 11) is 2.47. The van der Waals surface area contributed by atoms with Gasteiger partial charge in [0.05, 0.1) is 29.8 Å². The van der Waals surface area contributed by atoms with Gasteiger partial charge in [-0.05, 0) is 52.3 Å². The summed E-state index contributed by atoms with van der Waals surface area (Å²) >= 11 is 3.01. The van der Waals surface area contributed by atoms with Gasteiger partial charge in [0.1, 0.15) is 11.5 Å². The van der Waals surface area contributed by atoms with Crippen molar-refractivity contribution in [2.75, 3.05) is 14.2 Å². The third-order valence-corrected chi connectivity index (χ3v) is 4.06. The predicted molar refractivity (Wildman–Crippen MR) is 107 cm³/mol. The highest BCUT2D eigenvalue weighted by atomic mass is 79.9. The molecule has 2 rings (SSSR count). The summed E-state index contributed by atoms with van der Waals surface area (Å²) in [5.41, 5.74) is 0.813. The molecule has 0 aliphatic rings. The Morgan fingerprint density at radius 1 is 0.871 bits per heavy atom. The SMILES string of the molecule is C=Cc1cc(C(=O)OC)ccc1OC(F)F.COC(=O)c1ccc(OC(F)F)c(Br)c1. The summed E-state index contributed by atoms with van der Waals surface area (Å²) in [6.07, 6.45) is 1.32. The Balaban J connectivity index is 0.000000311. The number of hydrogen-bond acceptors (Lipinski definition) is 6. The quantitative estimate of drug-likeness (QED) is 0.360. The maximum Gasteiger partial charge on any atom is 0.387 e. The van der Waals surface area contributed by atoms with Crippen molar-refractivity contribution in [3.63, 3.8) is 0 Å². The highest BCUT2D eigenvalue weighted by Crippen LogP contribution is 2.27. The number of hydrogen-bond donors (Lipinski definition) is 0.